The molecule has 0 aromatic heterocycles. The molecular formula is C13H17I2NO2. The van der Waals surface area contributed by atoms with Crippen molar-refractivity contribution < 1.29 is 9.90 Å². The Bertz CT molecular complexity index is 352. The average Bonchev–Trinajstić information content (AvgIpc) is 2.33. The van der Waals surface area contributed by atoms with Crippen LogP contribution in [0.1, 0.15) is 45.4 Å². The minimum Gasteiger partial charge on any atom is -0.465 e. The third kappa shape index (κ3) is 8.04. The second-order valence-electron chi connectivity index (χ2n) is 4.06. The van der Waals surface area contributed by atoms with Crippen molar-refractivity contribution in [2.45, 2.75) is 51.0 Å². The fraction of sp³-hybridized carbons (Fsp3) is 0.615. The van der Waals surface area contributed by atoms with Crippen LogP contribution in [0.15, 0.2) is 0 Å². The number of hydrogen-bond donors (Lipinski definition) is 2. The summed E-state index contributed by atoms with van der Waals surface area (Å²) in [6.45, 7) is 2.13. The Morgan fingerprint density at radius 3 is 2.17 bits per heavy atom. The Kier molecular flexibility index (Phi) is 10.7. The first-order valence-electron chi connectivity index (χ1n) is 5.78. The molecule has 0 atom stereocenters. The van der Waals surface area contributed by atoms with Gasteiger partial charge in [0.15, 0.2) is 0 Å². The van der Waals surface area contributed by atoms with Crippen LogP contribution in [0.5, 0.6) is 0 Å². The predicted molar refractivity (Wildman–Crippen MR) is 90.9 cm³/mol. The summed E-state index contributed by atoms with van der Waals surface area (Å²) in [7, 11) is 0. The molecule has 0 aliphatic rings. The number of halogens is 2. The van der Waals surface area contributed by atoms with Crippen LogP contribution in [0, 0.1) is 19.7 Å². The van der Waals surface area contributed by atoms with Crippen LogP contribution >= 0.6 is 45.2 Å². The second kappa shape index (κ2) is 10.7. The summed E-state index contributed by atoms with van der Waals surface area (Å²) in [4.78, 5) is 11.0. The standard InChI is InChI=1S/C13H17I2NO2/c1-2-3-4-7-13(8-5-10-14,9-6-11-15)16-12(17)18/h16H,2-4,7-9H2,1H3,(H,17,18). The molecule has 0 radical (unpaired) electrons. The first-order valence-corrected chi connectivity index (χ1v) is 7.94. The quantitative estimate of drug-likeness (QED) is 0.332. The van der Waals surface area contributed by atoms with E-state index in [9.17, 15) is 4.79 Å². The molecule has 2 N–H and O–H groups in total. The molecule has 0 saturated heterocycles. The minimum atomic E-state index is -1.00. The van der Waals surface area contributed by atoms with Gasteiger partial charge in [-0.05, 0) is 14.3 Å². The Morgan fingerprint density at radius 1 is 1.22 bits per heavy atom. The van der Waals surface area contributed by atoms with Crippen LogP contribution in [0.3, 0.4) is 0 Å². The van der Waals surface area contributed by atoms with Crippen LogP contribution in [-0.4, -0.2) is 16.7 Å². The maximum absolute atomic E-state index is 11.0. The lowest BCUT2D eigenvalue weighted by Crippen LogP contribution is -2.47. The Hall–Kier alpha value is -0.150. The molecule has 0 saturated carbocycles. The van der Waals surface area contributed by atoms with Gasteiger partial charge in [-0.1, -0.05) is 38.0 Å². The van der Waals surface area contributed by atoms with Crippen LogP contribution in [0.25, 0.3) is 0 Å². The third-order valence-corrected chi connectivity index (χ3v) is 3.38. The van der Waals surface area contributed by atoms with Gasteiger partial charge in [0.1, 0.15) is 0 Å². The molecule has 0 aromatic carbocycles. The van der Waals surface area contributed by atoms with Crippen LogP contribution < -0.4 is 5.32 Å². The number of carboxylic acid groups (broad SMARTS) is 1. The summed E-state index contributed by atoms with van der Waals surface area (Å²) in [5.41, 5.74) is -0.530. The lowest BCUT2D eigenvalue weighted by atomic mass is 9.86. The molecule has 1 amide bonds. The van der Waals surface area contributed by atoms with Crippen LogP contribution in [0.2, 0.25) is 0 Å². The number of unbranched alkanes of at least 4 members (excludes halogenated alkanes) is 2. The van der Waals surface area contributed by atoms with Crippen LogP contribution in [-0.2, 0) is 0 Å². The smallest absolute Gasteiger partial charge is 0.405 e. The largest absolute Gasteiger partial charge is 0.465 e. The maximum Gasteiger partial charge on any atom is 0.405 e. The molecule has 5 heteroatoms. The molecule has 0 unspecified atom stereocenters. The van der Waals surface area contributed by atoms with E-state index in [-0.39, 0.29) is 0 Å². The van der Waals surface area contributed by atoms with Gasteiger partial charge in [0.05, 0.1) is 5.54 Å². The van der Waals surface area contributed by atoms with E-state index in [1.165, 1.54) is 0 Å². The van der Waals surface area contributed by atoms with Gasteiger partial charge in [-0.2, -0.15) is 0 Å². The number of amides is 1. The fourth-order valence-electron chi connectivity index (χ4n) is 1.74. The molecule has 0 bridgehead atoms. The van der Waals surface area contributed by atoms with E-state index in [1.807, 2.05) is 45.2 Å². The summed E-state index contributed by atoms with van der Waals surface area (Å²) >= 11 is 3.94. The van der Waals surface area contributed by atoms with Gasteiger partial charge in [0, 0.05) is 58.0 Å². The minimum absolute atomic E-state index is 0.511. The molecular weight excluding hydrogens is 456 g/mol. The van der Waals surface area contributed by atoms with Gasteiger partial charge in [-0.25, -0.2) is 4.79 Å². The van der Waals surface area contributed by atoms with Crippen molar-refractivity contribution in [3.63, 3.8) is 0 Å². The molecule has 0 aliphatic carbocycles. The van der Waals surface area contributed by atoms with Gasteiger partial charge >= 0.3 is 6.09 Å². The van der Waals surface area contributed by atoms with E-state index in [4.69, 9.17) is 5.11 Å². The molecule has 3 nitrogen and oxygen atoms in total. The Labute approximate surface area is 136 Å². The number of hydrogen-bond acceptors (Lipinski definition) is 1. The maximum atomic E-state index is 11.0. The zero-order chi connectivity index (χ0) is 13.9. The summed E-state index contributed by atoms with van der Waals surface area (Å²) in [6, 6.07) is 0. The van der Waals surface area contributed by atoms with E-state index in [2.05, 4.69) is 31.9 Å². The van der Waals surface area contributed by atoms with Crippen molar-refractivity contribution in [1.82, 2.24) is 5.32 Å². The van der Waals surface area contributed by atoms with Gasteiger partial charge in [-0.3, -0.25) is 0 Å². The zero-order valence-corrected chi connectivity index (χ0v) is 14.7. The highest BCUT2D eigenvalue weighted by Crippen LogP contribution is 2.23. The summed E-state index contributed by atoms with van der Waals surface area (Å²) in [5.74, 6) is 5.94. The number of rotatable bonds is 7. The summed E-state index contributed by atoms with van der Waals surface area (Å²) in [6.07, 6.45) is 4.00. The third-order valence-electron chi connectivity index (χ3n) is 2.62. The molecule has 18 heavy (non-hydrogen) atoms. The molecule has 0 aliphatic heterocycles. The van der Waals surface area contributed by atoms with Gasteiger partial charge in [0.25, 0.3) is 0 Å². The molecule has 0 fully saturated rings. The van der Waals surface area contributed by atoms with E-state index in [0.717, 1.165) is 25.7 Å². The van der Waals surface area contributed by atoms with Crippen molar-refractivity contribution in [1.29, 1.82) is 0 Å². The molecule has 100 valence electrons. The lowest BCUT2D eigenvalue weighted by molar-refractivity contribution is 0.174. The molecule has 0 aromatic rings. The SMILES string of the molecule is CCCCCC(CC#CI)(CC#CI)NC(=O)O. The van der Waals surface area contributed by atoms with Crippen LogP contribution in [0.4, 0.5) is 4.79 Å². The topological polar surface area (TPSA) is 49.3 Å². The molecule has 0 spiro atoms. The number of carbonyl (C=O) groups is 1. The Balaban J connectivity index is 4.86. The normalized spacial score (nSPS) is 9.72. The van der Waals surface area contributed by atoms with Crippen molar-refractivity contribution >= 4 is 51.3 Å². The Morgan fingerprint density at radius 2 is 1.78 bits per heavy atom. The van der Waals surface area contributed by atoms with E-state index in [0.29, 0.717) is 12.8 Å². The fourth-order valence-corrected chi connectivity index (χ4v) is 2.12. The van der Waals surface area contributed by atoms with E-state index < -0.39 is 11.6 Å². The molecule has 0 rings (SSSR count). The predicted octanol–water partition coefficient (Wildman–Crippen LogP) is 4.15. The van der Waals surface area contributed by atoms with Crippen molar-refractivity contribution in [2.24, 2.45) is 0 Å². The monoisotopic (exact) mass is 473 g/mol. The summed E-state index contributed by atoms with van der Waals surface area (Å²) in [5, 5.41) is 11.6. The highest BCUT2D eigenvalue weighted by molar-refractivity contribution is 14.1. The highest BCUT2D eigenvalue weighted by Gasteiger charge is 2.29. The van der Waals surface area contributed by atoms with Crippen molar-refractivity contribution in [3.8, 4) is 19.7 Å². The summed E-state index contributed by atoms with van der Waals surface area (Å²) < 4.78 is 5.60. The number of nitrogens with one attached hydrogen (secondary N) is 1. The van der Waals surface area contributed by atoms with Gasteiger partial charge in [-0.15, -0.1) is 0 Å². The van der Waals surface area contributed by atoms with E-state index in [1.54, 1.807) is 0 Å². The average molecular weight is 473 g/mol. The van der Waals surface area contributed by atoms with E-state index >= 15 is 0 Å². The first kappa shape index (κ1) is 17.8. The van der Waals surface area contributed by atoms with Crippen molar-refractivity contribution in [2.75, 3.05) is 0 Å². The zero-order valence-electron chi connectivity index (χ0n) is 10.4. The van der Waals surface area contributed by atoms with Crippen molar-refractivity contribution in [3.05, 3.63) is 0 Å². The second-order valence-corrected chi connectivity index (χ2v) is 5.14. The van der Waals surface area contributed by atoms with Gasteiger partial charge in [0.2, 0.25) is 0 Å². The lowest BCUT2D eigenvalue weighted by Gasteiger charge is -2.30. The highest BCUT2D eigenvalue weighted by atomic mass is 127. The van der Waals surface area contributed by atoms with Gasteiger partial charge < -0.3 is 10.4 Å². The molecule has 0 heterocycles. The first-order chi connectivity index (χ1) is 8.60.